The lowest BCUT2D eigenvalue weighted by Gasteiger charge is -2.15. The van der Waals surface area contributed by atoms with Crippen molar-refractivity contribution in [3.05, 3.63) is 59.9 Å². The molecule has 1 atom stereocenters. The summed E-state index contributed by atoms with van der Waals surface area (Å²) < 4.78 is 2.11. The molecule has 2 heterocycles. The second-order valence-electron chi connectivity index (χ2n) is 6.33. The third kappa shape index (κ3) is 3.56. The molecule has 0 radical (unpaired) electrons. The number of rotatable bonds is 2. The standard InChI is InChI=1S/C19H20N4O.2ClH/c1-13-21-17-11-14(19(24)22-10-9-15(20)12-22)7-8-18(17)23(13)16-5-3-2-4-6-16;;/h2-8,11,15H,9-10,12,20H2,1H3;2*1H/t15-;;/m1../s1. The van der Waals surface area contributed by atoms with Gasteiger partial charge in [0.25, 0.3) is 5.91 Å². The van der Waals surface area contributed by atoms with Gasteiger partial charge >= 0.3 is 0 Å². The Hall–Kier alpha value is -2.08. The molecule has 1 aromatic heterocycles. The van der Waals surface area contributed by atoms with Crippen molar-refractivity contribution in [2.24, 2.45) is 5.73 Å². The number of hydrogen-bond acceptors (Lipinski definition) is 3. The number of para-hydroxylation sites is 1. The molecule has 1 saturated heterocycles. The van der Waals surface area contributed by atoms with E-state index >= 15 is 0 Å². The molecule has 0 spiro atoms. The van der Waals surface area contributed by atoms with Gasteiger partial charge in [-0.2, -0.15) is 0 Å². The fourth-order valence-corrected chi connectivity index (χ4v) is 3.39. The predicted octanol–water partition coefficient (Wildman–Crippen LogP) is 3.35. The number of fused-ring (bicyclic) bond motifs is 1. The maximum absolute atomic E-state index is 12.6. The van der Waals surface area contributed by atoms with Crippen LogP contribution < -0.4 is 5.73 Å². The van der Waals surface area contributed by atoms with Crippen LogP contribution in [0.15, 0.2) is 48.5 Å². The first-order valence-electron chi connectivity index (χ1n) is 8.23. The van der Waals surface area contributed by atoms with Crippen LogP contribution in [0, 0.1) is 6.92 Å². The molecule has 26 heavy (non-hydrogen) atoms. The summed E-state index contributed by atoms with van der Waals surface area (Å²) in [7, 11) is 0. The van der Waals surface area contributed by atoms with Crippen LogP contribution in [-0.4, -0.2) is 39.5 Å². The van der Waals surface area contributed by atoms with Crippen LogP contribution in [0.2, 0.25) is 0 Å². The number of amides is 1. The molecule has 5 nitrogen and oxygen atoms in total. The number of hydrogen-bond donors (Lipinski definition) is 1. The molecule has 2 N–H and O–H groups in total. The zero-order valence-electron chi connectivity index (χ0n) is 14.5. The predicted molar refractivity (Wildman–Crippen MR) is 109 cm³/mol. The summed E-state index contributed by atoms with van der Waals surface area (Å²) in [6, 6.07) is 16.0. The van der Waals surface area contributed by atoms with Crippen molar-refractivity contribution in [1.29, 1.82) is 0 Å². The molecule has 3 aromatic rings. The van der Waals surface area contributed by atoms with E-state index in [1.807, 2.05) is 48.2 Å². The minimum Gasteiger partial charge on any atom is -0.337 e. The highest BCUT2D eigenvalue weighted by Gasteiger charge is 2.25. The van der Waals surface area contributed by atoms with Gasteiger partial charge in [-0.3, -0.25) is 9.36 Å². The number of nitrogens with zero attached hydrogens (tertiary/aromatic N) is 3. The van der Waals surface area contributed by atoms with Crippen molar-refractivity contribution in [1.82, 2.24) is 14.5 Å². The van der Waals surface area contributed by atoms with Gasteiger partial charge in [-0.1, -0.05) is 18.2 Å². The van der Waals surface area contributed by atoms with Gasteiger partial charge in [0.05, 0.1) is 11.0 Å². The Morgan fingerprint density at radius 2 is 1.88 bits per heavy atom. The van der Waals surface area contributed by atoms with Crippen molar-refractivity contribution >= 4 is 41.8 Å². The maximum atomic E-state index is 12.6. The molecule has 7 heteroatoms. The van der Waals surface area contributed by atoms with Gasteiger partial charge in [0, 0.05) is 30.4 Å². The summed E-state index contributed by atoms with van der Waals surface area (Å²) >= 11 is 0. The first kappa shape index (κ1) is 20.2. The summed E-state index contributed by atoms with van der Waals surface area (Å²) in [5.74, 6) is 0.945. The van der Waals surface area contributed by atoms with Gasteiger partial charge in [0.1, 0.15) is 5.82 Å². The molecule has 1 aliphatic rings. The highest BCUT2D eigenvalue weighted by atomic mass is 35.5. The Morgan fingerprint density at radius 1 is 1.15 bits per heavy atom. The smallest absolute Gasteiger partial charge is 0.253 e. The van der Waals surface area contributed by atoms with Gasteiger partial charge in [-0.05, 0) is 43.7 Å². The molecule has 0 unspecified atom stereocenters. The average Bonchev–Trinajstić information content (AvgIpc) is 3.16. The SMILES string of the molecule is Cc1nc2cc(C(=O)N3CC[C@@H](N)C3)ccc2n1-c1ccccc1.Cl.Cl. The Labute approximate surface area is 165 Å². The van der Waals surface area contributed by atoms with Crippen LogP contribution in [0.3, 0.4) is 0 Å². The van der Waals surface area contributed by atoms with Crippen molar-refractivity contribution in [2.45, 2.75) is 19.4 Å². The Bertz CT molecular complexity index is 911. The molecule has 2 aromatic carbocycles. The average molecular weight is 393 g/mol. The van der Waals surface area contributed by atoms with E-state index in [0.29, 0.717) is 12.1 Å². The van der Waals surface area contributed by atoms with Crippen molar-refractivity contribution in [3.63, 3.8) is 0 Å². The van der Waals surface area contributed by atoms with E-state index in [1.165, 1.54) is 0 Å². The number of nitrogens with two attached hydrogens (primary N) is 1. The number of imidazole rings is 1. The van der Waals surface area contributed by atoms with Crippen molar-refractivity contribution < 1.29 is 4.79 Å². The lowest BCUT2D eigenvalue weighted by atomic mass is 10.1. The van der Waals surface area contributed by atoms with Gasteiger partial charge < -0.3 is 10.6 Å². The van der Waals surface area contributed by atoms with E-state index in [-0.39, 0.29) is 36.8 Å². The van der Waals surface area contributed by atoms with Crippen LogP contribution in [0.25, 0.3) is 16.7 Å². The Balaban J connectivity index is 0.00000121. The number of likely N-dealkylation sites (tertiary alicyclic amines) is 1. The zero-order chi connectivity index (χ0) is 16.7. The summed E-state index contributed by atoms with van der Waals surface area (Å²) in [6.45, 7) is 3.35. The Morgan fingerprint density at radius 3 is 2.54 bits per heavy atom. The number of carbonyl (C=O) groups is 1. The first-order chi connectivity index (χ1) is 11.6. The second kappa shape index (κ2) is 8.08. The molecular formula is C19H22Cl2N4O. The molecule has 4 rings (SSSR count). The Kier molecular flexibility index (Phi) is 6.29. The number of aromatic nitrogens is 2. The number of aryl methyl sites for hydroxylation is 1. The summed E-state index contributed by atoms with van der Waals surface area (Å²) in [6.07, 6.45) is 0.871. The lowest BCUT2D eigenvalue weighted by molar-refractivity contribution is 0.0791. The number of benzene rings is 2. The molecule has 138 valence electrons. The topological polar surface area (TPSA) is 64.2 Å². The van der Waals surface area contributed by atoms with Crippen LogP contribution in [0.4, 0.5) is 0 Å². The highest BCUT2D eigenvalue weighted by molar-refractivity contribution is 5.97. The van der Waals surface area contributed by atoms with Crippen LogP contribution in [0.1, 0.15) is 22.6 Å². The van der Waals surface area contributed by atoms with E-state index in [4.69, 9.17) is 5.73 Å². The highest BCUT2D eigenvalue weighted by Crippen LogP contribution is 2.23. The van der Waals surface area contributed by atoms with Crippen LogP contribution >= 0.6 is 24.8 Å². The quantitative estimate of drug-likeness (QED) is 0.726. The molecule has 0 aliphatic carbocycles. The molecule has 1 aliphatic heterocycles. The molecule has 1 amide bonds. The largest absolute Gasteiger partial charge is 0.337 e. The maximum Gasteiger partial charge on any atom is 0.253 e. The van der Waals surface area contributed by atoms with E-state index in [1.54, 1.807) is 0 Å². The van der Waals surface area contributed by atoms with Gasteiger partial charge in [-0.15, -0.1) is 24.8 Å². The number of halogens is 2. The fraction of sp³-hybridized carbons (Fsp3) is 0.263. The zero-order valence-corrected chi connectivity index (χ0v) is 16.1. The third-order valence-corrected chi connectivity index (χ3v) is 4.60. The first-order valence-corrected chi connectivity index (χ1v) is 8.23. The third-order valence-electron chi connectivity index (χ3n) is 4.60. The normalized spacial score (nSPS) is 16.2. The van der Waals surface area contributed by atoms with E-state index in [9.17, 15) is 4.79 Å². The minimum absolute atomic E-state index is 0. The molecule has 0 saturated carbocycles. The van der Waals surface area contributed by atoms with Gasteiger partial charge in [0.15, 0.2) is 0 Å². The van der Waals surface area contributed by atoms with Crippen LogP contribution in [0.5, 0.6) is 0 Å². The lowest BCUT2D eigenvalue weighted by Crippen LogP contribution is -2.31. The minimum atomic E-state index is 0. The monoisotopic (exact) mass is 392 g/mol. The summed E-state index contributed by atoms with van der Waals surface area (Å²) in [5.41, 5.74) is 9.50. The van der Waals surface area contributed by atoms with Crippen LogP contribution in [-0.2, 0) is 0 Å². The summed E-state index contributed by atoms with van der Waals surface area (Å²) in [5, 5.41) is 0. The van der Waals surface area contributed by atoms with Gasteiger partial charge in [0.2, 0.25) is 0 Å². The van der Waals surface area contributed by atoms with E-state index < -0.39 is 0 Å². The van der Waals surface area contributed by atoms with Crippen molar-refractivity contribution in [2.75, 3.05) is 13.1 Å². The second-order valence-corrected chi connectivity index (χ2v) is 6.33. The van der Waals surface area contributed by atoms with E-state index in [0.717, 1.165) is 35.5 Å². The summed E-state index contributed by atoms with van der Waals surface area (Å²) in [4.78, 5) is 19.1. The van der Waals surface area contributed by atoms with Crippen molar-refractivity contribution in [3.8, 4) is 5.69 Å². The molecular weight excluding hydrogens is 371 g/mol. The van der Waals surface area contributed by atoms with Gasteiger partial charge in [-0.25, -0.2) is 4.98 Å². The van der Waals surface area contributed by atoms with E-state index in [2.05, 4.69) is 21.7 Å². The molecule has 1 fully saturated rings. The molecule has 0 bridgehead atoms. The number of carbonyl (C=O) groups excluding carboxylic acids is 1. The fourth-order valence-electron chi connectivity index (χ4n) is 3.39.